The van der Waals surface area contributed by atoms with Crippen molar-refractivity contribution in [1.82, 2.24) is 44.8 Å². The molecular weight excluding hydrogens is 1840 g/mol. The average Bonchev–Trinajstić information content (AvgIpc) is 1.60. The van der Waals surface area contributed by atoms with Gasteiger partial charge < -0.3 is 63.2 Å². The average molecular weight is 1970 g/mol. The predicted octanol–water partition coefficient (Wildman–Crippen LogP) is 17.7. The van der Waals surface area contributed by atoms with Gasteiger partial charge in [0.1, 0.15) is 15.4 Å². The Kier molecular flexibility index (Phi) is 33.4. The van der Waals surface area contributed by atoms with Crippen molar-refractivity contribution < 1.29 is 84.7 Å². The van der Waals surface area contributed by atoms with Crippen LogP contribution in [0.25, 0.3) is 0 Å². The summed E-state index contributed by atoms with van der Waals surface area (Å²) >= 11 is 6.93. The third kappa shape index (κ3) is 23.5. The molecule has 33 heteroatoms. The molecule has 8 amide bonds. The molecule has 9 aromatic carbocycles. The minimum absolute atomic E-state index is 0.0543. The Bertz CT molecular complexity index is 6220. The third-order valence-corrected chi connectivity index (χ3v) is 29.4. The number of amides is 8. The van der Waals surface area contributed by atoms with Crippen molar-refractivity contribution in [3.8, 4) is 34.5 Å². The predicted molar refractivity (Wildman–Crippen MR) is 540 cm³/mol. The first-order valence-electron chi connectivity index (χ1n) is 47.2. The summed E-state index contributed by atoms with van der Waals surface area (Å²) in [6, 6.07) is 65.1. The highest BCUT2D eigenvalue weighted by Crippen LogP contribution is 2.46. The van der Waals surface area contributed by atoms with Crippen LogP contribution in [0.3, 0.4) is 0 Å². The Labute approximate surface area is 828 Å². The zero-order chi connectivity index (χ0) is 100. The minimum Gasteiger partial charge on any atom is -0.493 e. The fourth-order valence-electron chi connectivity index (χ4n) is 18.9. The first-order chi connectivity index (χ1) is 67.2. The van der Waals surface area contributed by atoms with E-state index in [1.54, 1.807) is 115 Å². The van der Waals surface area contributed by atoms with Crippen molar-refractivity contribution in [1.29, 1.82) is 0 Å². The van der Waals surface area contributed by atoms with Gasteiger partial charge in [0.05, 0.1) is 116 Å². The lowest BCUT2D eigenvalue weighted by Crippen LogP contribution is -2.47. The molecule has 6 aliphatic rings. The number of rotatable bonds is 32. The Hall–Kier alpha value is -13.1. The van der Waals surface area contributed by atoms with Crippen LogP contribution in [0.2, 0.25) is 4.34 Å². The number of ether oxygens (including phenoxy) is 8. The quantitative estimate of drug-likeness (QED) is 0.0260. The Morgan fingerprint density at radius 3 is 1.01 bits per heavy atom. The second-order valence-corrected chi connectivity index (χ2v) is 40.7. The van der Waals surface area contributed by atoms with Crippen LogP contribution in [0.1, 0.15) is 213 Å². The molecule has 0 bridgehead atoms. The fraction of sp³-hybridized carbons (Fsp3) is 0.383. The van der Waals surface area contributed by atoms with E-state index in [1.807, 2.05) is 60.7 Å². The zero-order valence-corrected chi connectivity index (χ0v) is 84.4. The van der Waals surface area contributed by atoms with E-state index in [9.17, 15) is 46.8 Å². The van der Waals surface area contributed by atoms with E-state index >= 15 is 0 Å². The standard InChI is InChI=1S/C36H39ClN4O6S2.C36H44N4O6.C35H42N4O6/c1-24(25-9-5-4-6-10-25)39-19-21-40(22-20-39)29-12-7-11-27-34(29)36(43)41(35(27)42)28(26-14-15-30(46-2)31(23-26)47-3)13-8-18-38-49(44,45)33-17-16-32(37)48-33;1-24(25-11-8-7-9-12-25)38-19-21-39(22-20-38)29-14-10-13-27-32(29)34(42)40(33(27)41)28(17-18-37-35(43)46-36(2,3)4)26-15-16-30(44-5)31(23-26)45-6;1-23(24-11-8-7-9-12-24)37-17-19-38(20-18-37)27-14-10-13-26-31(27)33(41)39(32(26)40)28(22-36-34(42)45-35(2,3)4)25-15-16-29(43-5)30(21-25)44-6/h4-7,9-12,14-17,23-24,28,38H,8,13,18-22H2,1-3H3;7-16,23-24,28H,17-22H2,1-6H3,(H,37,43);7-16,21,23,28H,17-20,22H2,1-6H3,(H,36,42)/t2*24-,28?;23-,28?/m111/s1. The van der Waals surface area contributed by atoms with Crippen molar-refractivity contribution >= 4 is 97.7 Å². The van der Waals surface area contributed by atoms with Crippen LogP contribution in [0.5, 0.6) is 34.5 Å². The number of anilines is 3. The number of benzene rings is 9. The van der Waals surface area contributed by atoms with Crippen LogP contribution in [-0.4, -0.2) is 237 Å². The molecule has 7 heterocycles. The second-order valence-electron chi connectivity index (χ2n) is 37.0. The maximum atomic E-state index is 14.4. The SMILES string of the molecule is COc1ccc(C(CCCNS(=O)(=O)c2ccc(Cl)s2)N2C(=O)c3cccc(N4CCN([C@H](C)c5ccccc5)CC4)c3C2=O)cc1OC.COc1ccc(C(CCNC(=O)OC(C)(C)C)N2C(=O)c3cccc(N4CCN([C@H](C)c5ccccc5)CC4)c3C2=O)cc1OC.COc1ccc(C(CNC(=O)OC(C)(C)C)N2C(=O)c3cccc(N4CCN([C@H](C)c5ccccc5)CC4)c3C2=O)cc1OC. The molecule has 3 fully saturated rings. The van der Waals surface area contributed by atoms with Crippen molar-refractivity contribution in [3.05, 3.63) is 283 Å². The van der Waals surface area contributed by atoms with Crippen LogP contribution >= 0.6 is 22.9 Å². The Morgan fingerprint density at radius 1 is 0.364 bits per heavy atom. The molecule has 0 spiro atoms. The lowest BCUT2D eigenvalue weighted by molar-refractivity contribution is 0.0467. The molecule has 16 rings (SSSR count). The summed E-state index contributed by atoms with van der Waals surface area (Å²) in [5.74, 6) is 0.627. The molecule has 3 unspecified atom stereocenters. The van der Waals surface area contributed by atoms with Crippen molar-refractivity contribution in [2.24, 2.45) is 0 Å². The number of piperazine rings is 3. The van der Waals surface area contributed by atoms with Crippen molar-refractivity contribution in [3.63, 3.8) is 0 Å². The normalized spacial score (nSPS) is 16.6. The van der Waals surface area contributed by atoms with Gasteiger partial charge in [-0.1, -0.05) is 139 Å². The molecule has 6 atom stereocenters. The highest BCUT2D eigenvalue weighted by molar-refractivity contribution is 7.91. The van der Waals surface area contributed by atoms with Gasteiger partial charge in [0, 0.05) is 116 Å². The highest BCUT2D eigenvalue weighted by Gasteiger charge is 2.48. The molecule has 30 nitrogen and oxygen atoms in total. The number of nitrogens with one attached hydrogen (secondary N) is 3. The van der Waals surface area contributed by atoms with E-state index in [2.05, 4.69) is 138 Å². The highest BCUT2D eigenvalue weighted by atomic mass is 35.5. The Balaban J connectivity index is 0.000000167. The van der Waals surface area contributed by atoms with Crippen LogP contribution < -0.4 is 58.5 Å². The van der Waals surface area contributed by atoms with Gasteiger partial charge in [-0.3, -0.25) is 58.2 Å². The smallest absolute Gasteiger partial charge is 0.407 e. The van der Waals surface area contributed by atoms with E-state index in [-0.39, 0.29) is 72.0 Å². The van der Waals surface area contributed by atoms with Crippen LogP contribution in [-0.2, 0) is 19.5 Å². The van der Waals surface area contributed by atoms with Gasteiger partial charge >= 0.3 is 12.2 Å². The maximum Gasteiger partial charge on any atom is 0.407 e. The Morgan fingerprint density at radius 2 is 0.686 bits per heavy atom. The molecular formula is C107H125ClN12O18S2. The molecule has 10 aromatic rings. The molecule has 0 aliphatic carbocycles. The van der Waals surface area contributed by atoms with Gasteiger partial charge in [0.2, 0.25) is 10.0 Å². The summed E-state index contributed by atoms with van der Waals surface area (Å²) in [7, 11) is 5.44. The number of fused-ring (bicyclic) bond motifs is 3. The molecule has 3 N–H and O–H groups in total. The second kappa shape index (κ2) is 45.5. The minimum atomic E-state index is -3.76. The van der Waals surface area contributed by atoms with Gasteiger partial charge in [0.15, 0.2) is 34.5 Å². The van der Waals surface area contributed by atoms with Crippen LogP contribution in [0, 0.1) is 0 Å². The van der Waals surface area contributed by atoms with Crippen molar-refractivity contribution in [2.75, 3.05) is 156 Å². The van der Waals surface area contributed by atoms with Crippen molar-refractivity contribution in [2.45, 2.75) is 133 Å². The van der Waals surface area contributed by atoms with E-state index in [1.165, 1.54) is 79.1 Å². The number of hydrogen-bond acceptors (Lipinski definition) is 25. The first-order valence-corrected chi connectivity index (χ1v) is 49.8. The van der Waals surface area contributed by atoms with Crippen LogP contribution in [0.4, 0.5) is 26.7 Å². The number of thiophene rings is 1. The molecule has 0 saturated carbocycles. The summed E-state index contributed by atoms with van der Waals surface area (Å²) in [6.07, 6.45) is -0.290. The van der Waals surface area contributed by atoms with E-state index in [0.29, 0.717) is 128 Å². The summed E-state index contributed by atoms with van der Waals surface area (Å²) in [6.45, 7) is 26.8. The van der Waals surface area contributed by atoms with E-state index < -0.39 is 63.4 Å². The third-order valence-electron chi connectivity index (χ3n) is 26.2. The summed E-state index contributed by atoms with van der Waals surface area (Å²) in [5, 5.41) is 5.53. The summed E-state index contributed by atoms with van der Waals surface area (Å²) in [5.41, 5.74) is 8.95. The van der Waals surface area contributed by atoms with E-state index in [4.69, 9.17) is 49.5 Å². The van der Waals surface area contributed by atoms with Gasteiger partial charge in [-0.2, -0.15) is 0 Å². The molecule has 740 valence electrons. The van der Waals surface area contributed by atoms with Gasteiger partial charge in [-0.15, -0.1) is 11.3 Å². The van der Waals surface area contributed by atoms with Gasteiger partial charge in [0.25, 0.3) is 35.4 Å². The molecule has 6 aliphatic heterocycles. The molecule has 3 saturated heterocycles. The lowest BCUT2D eigenvalue weighted by atomic mass is 9.99. The number of sulfonamides is 1. The number of methoxy groups -OCH3 is 6. The topological polar surface area (TPSA) is 310 Å². The molecule has 140 heavy (non-hydrogen) atoms. The van der Waals surface area contributed by atoms with Gasteiger partial charge in [-0.05, 0) is 200 Å². The largest absolute Gasteiger partial charge is 0.493 e. The number of nitrogens with zero attached hydrogens (tertiary/aromatic N) is 9. The van der Waals surface area contributed by atoms with E-state index in [0.717, 1.165) is 80.8 Å². The lowest BCUT2D eigenvalue weighted by Gasteiger charge is -2.39. The maximum absolute atomic E-state index is 14.4. The number of halogens is 1. The van der Waals surface area contributed by atoms with Gasteiger partial charge in [-0.25, -0.2) is 22.7 Å². The summed E-state index contributed by atoms with van der Waals surface area (Å²) in [4.78, 5) is 128. The molecule has 1 aromatic heterocycles. The molecule has 0 radical (unpaired) electrons. The number of carbonyl (C=O) groups is 8. The zero-order valence-electron chi connectivity index (χ0n) is 82.0. The number of carbonyl (C=O) groups excluding carboxylic acids is 8. The number of hydrogen-bond donors (Lipinski definition) is 3. The van der Waals surface area contributed by atoms with Crippen LogP contribution in [0.15, 0.2) is 217 Å². The summed E-state index contributed by atoms with van der Waals surface area (Å²) < 4.78 is 72.5. The fourth-order valence-corrected chi connectivity index (χ4v) is 21.5. The number of imide groups is 3. The monoisotopic (exact) mass is 1960 g/mol. The first kappa shape index (κ1) is 103. The number of alkyl carbamates (subject to hydrolysis) is 2.